The Morgan fingerprint density at radius 3 is 1.82 bits per heavy atom. The number of hydrogen-bond acceptors (Lipinski definition) is 1. The van der Waals surface area contributed by atoms with Crippen LogP contribution in [0.15, 0.2) is 130 Å². The summed E-state index contributed by atoms with van der Waals surface area (Å²) >= 11 is 7.98. The molecule has 3 aliphatic rings. The molecule has 61 heavy (non-hydrogen) atoms. The second-order valence-corrected chi connectivity index (χ2v) is 19.1. The predicted octanol–water partition coefficient (Wildman–Crippen LogP) is 17.4. The first-order valence-electron chi connectivity index (χ1n) is 22.2. The highest BCUT2D eigenvalue weighted by Gasteiger charge is 2.45. The topological polar surface area (TPSA) is 3.24 Å². The Kier molecular flexibility index (Phi) is 9.92. The van der Waals surface area contributed by atoms with E-state index in [0.29, 0.717) is 16.7 Å². The largest absolute Gasteiger partial charge is 0.364 e. The van der Waals surface area contributed by atoms with Crippen molar-refractivity contribution < 1.29 is 8.78 Å². The molecule has 2 aliphatic carbocycles. The maximum atomic E-state index is 15.9. The molecule has 1 nitrogen and oxygen atoms in total. The predicted molar refractivity (Wildman–Crippen MR) is 261 cm³/mol. The molecule has 11 rings (SSSR count). The Balaban J connectivity index is 1.35. The van der Waals surface area contributed by atoms with E-state index in [0.717, 1.165) is 105 Å². The van der Waals surface area contributed by atoms with Crippen molar-refractivity contribution in [3.8, 4) is 33.4 Å². The minimum absolute atomic E-state index is 0.208. The zero-order chi connectivity index (χ0) is 41.5. The summed E-state index contributed by atoms with van der Waals surface area (Å²) < 4.78 is 33.7. The highest BCUT2D eigenvalue weighted by Crippen LogP contribution is 2.62. The molecule has 0 saturated carbocycles. The lowest BCUT2D eigenvalue weighted by Gasteiger charge is -2.36. The normalized spacial score (nSPS) is 17.9. The quantitative estimate of drug-likeness (QED) is 0.108. The Morgan fingerprint density at radius 2 is 1.18 bits per heavy atom. The summed E-state index contributed by atoms with van der Waals surface area (Å²) in [6, 6.07) is 37.7. The fourth-order valence-corrected chi connectivity index (χ4v) is 12.8. The minimum Gasteiger partial charge on any atom is -0.364 e. The molecule has 3 unspecified atom stereocenters. The lowest BCUT2D eigenvalue weighted by Crippen LogP contribution is -2.34. The molecule has 0 aromatic heterocycles. The number of anilines is 1. The summed E-state index contributed by atoms with van der Waals surface area (Å²) in [5, 5.41) is 7.30. The maximum Gasteiger partial charge on any atom is 0.131 e. The molecule has 5 heteroatoms. The molecule has 0 spiro atoms. The third kappa shape index (κ3) is 6.00. The van der Waals surface area contributed by atoms with E-state index in [4.69, 9.17) is 0 Å². The lowest BCUT2D eigenvalue weighted by atomic mass is 9.69. The first-order chi connectivity index (χ1) is 29.9. The van der Waals surface area contributed by atoms with E-state index < -0.39 is 0 Å². The van der Waals surface area contributed by atoms with E-state index >= 15 is 8.78 Å². The maximum absolute atomic E-state index is 15.9. The van der Waals surface area contributed by atoms with Gasteiger partial charge in [0.1, 0.15) is 11.6 Å². The van der Waals surface area contributed by atoms with E-state index in [1.165, 1.54) is 50.2 Å². The molecule has 0 fully saturated rings. The summed E-state index contributed by atoms with van der Waals surface area (Å²) in [4.78, 5) is 2.75. The third-order valence-electron chi connectivity index (χ3n) is 14.2. The van der Waals surface area contributed by atoms with Crippen LogP contribution >= 0.6 is 31.9 Å². The van der Waals surface area contributed by atoms with Crippen LogP contribution in [0.1, 0.15) is 87.3 Å². The average molecular weight is 932 g/mol. The zero-order valence-corrected chi connectivity index (χ0v) is 37.8. The summed E-state index contributed by atoms with van der Waals surface area (Å²) in [5.41, 5.74) is 13.0. The van der Waals surface area contributed by atoms with Gasteiger partial charge in [0.15, 0.2) is 0 Å². The van der Waals surface area contributed by atoms with Crippen LogP contribution in [0.5, 0.6) is 0 Å². The lowest BCUT2D eigenvalue weighted by molar-refractivity contribution is 0.539. The van der Waals surface area contributed by atoms with Crippen LogP contribution in [0.25, 0.3) is 76.5 Å². The monoisotopic (exact) mass is 929 g/mol. The Labute approximate surface area is 373 Å². The molecule has 3 atom stereocenters. The van der Waals surface area contributed by atoms with Crippen molar-refractivity contribution in [3.05, 3.63) is 159 Å². The van der Waals surface area contributed by atoms with Gasteiger partial charge in [0, 0.05) is 43.4 Å². The van der Waals surface area contributed by atoms with E-state index in [9.17, 15) is 0 Å². The average Bonchev–Trinajstić information content (AvgIpc) is 3.61. The molecule has 304 valence electrons. The summed E-state index contributed by atoms with van der Waals surface area (Å²) in [6.45, 7) is 5.52. The van der Waals surface area contributed by atoms with Crippen molar-refractivity contribution in [2.45, 2.75) is 83.1 Å². The third-order valence-corrected chi connectivity index (χ3v) is 15.9. The van der Waals surface area contributed by atoms with E-state index in [1.807, 2.05) is 12.1 Å². The summed E-state index contributed by atoms with van der Waals surface area (Å²) in [5.74, 6) is 0.208. The molecule has 8 aromatic carbocycles. The molecule has 0 saturated heterocycles. The van der Waals surface area contributed by atoms with E-state index in [-0.39, 0.29) is 23.6 Å². The number of hydrogen-bond donors (Lipinski definition) is 0. The Morgan fingerprint density at radius 1 is 0.607 bits per heavy atom. The fraction of sp³-hybridized carbons (Fsp3) is 0.250. The second-order valence-electron chi connectivity index (χ2n) is 17.5. The van der Waals surface area contributed by atoms with Gasteiger partial charge in [-0.25, -0.2) is 8.78 Å². The van der Waals surface area contributed by atoms with Gasteiger partial charge in [0.25, 0.3) is 0 Å². The molecular formula is C56H47Br2F2N. The Hall–Kier alpha value is -4.84. The zero-order valence-electron chi connectivity index (χ0n) is 34.6. The van der Waals surface area contributed by atoms with Gasteiger partial charge in [-0.05, 0) is 171 Å². The fourth-order valence-electron chi connectivity index (χ4n) is 11.5. The van der Waals surface area contributed by atoms with Gasteiger partial charge in [-0.3, -0.25) is 0 Å². The minimum atomic E-state index is -0.214. The summed E-state index contributed by atoms with van der Waals surface area (Å²) in [6.07, 6.45) is 13.4. The van der Waals surface area contributed by atoms with Crippen LogP contribution in [0.4, 0.5) is 14.5 Å². The number of unbranched alkanes of at least 4 members (excludes halogenated alkanes) is 2. The van der Waals surface area contributed by atoms with Crippen LogP contribution in [0.2, 0.25) is 0 Å². The van der Waals surface area contributed by atoms with Crippen LogP contribution in [0, 0.1) is 11.6 Å². The van der Waals surface area contributed by atoms with Crippen LogP contribution < -0.4 is 4.90 Å². The number of allylic oxidation sites excluding steroid dienone is 1. The standard InChI is InChI=1S/C56H47Br2F2N/c1-3-5-15-32-29-46-50(34-17-8-7-16-33(32)34)52(36-20-12-22-38-43(36)31-45-40(55(38)58)24-14-26-48(45)60)56-53(41-18-9-10-27-49(41)61(56)28-6-4-2)51(46)35-19-11-21-37-42(35)30-44-39(54(37)57)23-13-25-47(44)59/h7-8,10-14,16-17,19-27,30-32,41,49H,3-6,9,15,18,28-29H2,1-2H3. The van der Waals surface area contributed by atoms with Gasteiger partial charge in [0.05, 0.1) is 6.04 Å². The number of halogens is 4. The molecule has 1 aliphatic heterocycles. The Bertz CT molecular complexity index is 3130. The van der Waals surface area contributed by atoms with Gasteiger partial charge >= 0.3 is 0 Å². The van der Waals surface area contributed by atoms with Crippen molar-refractivity contribution in [1.82, 2.24) is 0 Å². The van der Waals surface area contributed by atoms with Crippen LogP contribution in [0.3, 0.4) is 0 Å². The first kappa shape index (κ1) is 39.0. The molecule has 0 bridgehead atoms. The van der Waals surface area contributed by atoms with E-state index in [1.54, 1.807) is 24.3 Å². The SMILES string of the molecule is CCCCC1Cc2c(c(-c3cccc4c(Br)c5cccc(F)c5cc34)c3c(c2-c2cccc4c(Br)c5cccc(F)c5cc24)C2CCC=CC2N3CCCC)-c2ccccc21. The molecular weight excluding hydrogens is 884 g/mol. The molecule has 1 heterocycles. The van der Waals surface area contributed by atoms with Crippen molar-refractivity contribution in [1.29, 1.82) is 0 Å². The van der Waals surface area contributed by atoms with Gasteiger partial charge in [-0.2, -0.15) is 0 Å². The number of benzene rings is 8. The van der Waals surface area contributed by atoms with Crippen molar-refractivity contribution in [2.24, 2.45) is 0 Å². The van der Waals surface area contributed by atoms with Crippen LogP contribution in [-0.2, 0) is 6.42 Å². The van der Waals surface area contributed by atoms with Gasteiger partial charge in [-0.1, -0.05) is 130 Å². The molecule has 8 aromatic rings. The molecule has 0 radical (unpaired) electrons. The highest BCUT2D eigenvalue weighted by molar-refractivity contribution is 9.11. The second kappa shape index (κ2) is 15.5. The number of nitrogens with zero attached hydrogens (tertiary/aromatic N) is 1. The van der Waals surface area contributed by atoms with Gasteiger partial charge in [-0.15, -0.1) is 0 Å². The highest BCUT2D eigenvalue weighted by atomic mass is 79.9. The van der Waals surface area contributed by atoms with Gasteiger partial charge < -0.3 is 4.90 Å². The first-order valence-corrected chi connectivity index (χ1v) is 23.8. The molecule has 0 amide bonds. The molecule has 0 N–H and O–H groups in total. The number of rotatable bonds is 8. The summed E-state index contributed by atoms with van der Waals surface area (Å²) in [7, 11) is 0. The van der Waals surface area contributed by atoms with Gasteiger partial charge in [0.2, 0.25) is 0 Å². The van der Waals surface area contributed by atoms with E-state index in [2.05, 4.69) is 136 Å². The van der Waals surface area contributed by atoms with Crippen molar-refractivity contribution in [3.63, 3.8) is 0 Å². The van der Waals surface area contributed by atoms with Crippen LogP contribution in [-0.4, -0.2) is 12.6 Å². The van der Waals surface area contributed by atoms with Crippen molar-refractivity contribution >= 4 is 80.6 Å². The number of fused-ring (bicyclic) bond motifs is 10. The smallest absolute Gasteiger partial charge is 0.131 e. The van der Waals surface area contributed by atoms with Crippen molar-refractivity contribution in [2.75, 3.05) is 11.4 Å².